The monoisotopic (exact) mass is 344 g/mol. The Balaban J connectivity index is 3.70. The molecular formula is C15H21BrO4. The van der Waals surface area contributed by atoms with Gasteiger partial charge in [-0.1, -0.05) is 57.5 Å². The quantitative estimate of drug-likeness (QED) is 0.566. The van der Waals surface area contributed by atoms with Gasteiger partial charge in [0.2, 0.25) is 0 Å². The second-order valence-electron chi connectivity index (χ2n) is 6.83. The number of phenols is 1. The van der Waals surface area contributed by atoms with Crippen molar-refractivity contribution in [3.8, 4) is 11.5 Å². The lowest BCUT2D eigenvalue weighted by Crippen LogP contribution is -2.19. The summed E-state index contributed by atoms with van der Waals surface area (Å²) in [5, 5.41) is 19.4. The Bertz CT molecular complexity index is 536. The van der Waals surface area contributed by atoms with E-state index < -0.39 is 6.16 Å². The maximum absolute atomic E-state index is 10.9. The highest BCUT2D eigenvalue weighted by Crippen LogP contribution is 2.47. The van der Waals surface area contributed by atoms with Crippen molar-refractivity contribution in [3.63, 3.8) is 0 Å². The third kappa shape index (κ3) is 3.45. The molecule has 1 rings (SSSR count). The normalized spacial score (nSPS) is 12.3. The molecule has 1 aromatic carbocycles. The van der Waals surface area contributed by atoms with Crippen molar-refractivity contribution in [2.75, 3.05) is 0 Å². The summed E-state index contributed by atoms with van der Waals surface area (Å²) < 4.78 is 5.58. The van der Waals surface area contributed by atoms with Gasteiger partial charge in [-0.15, -0.1) is 0 Å². The van der Waals surface area contributed by atoms with E-state index in [9.17, 15) is 9.90 Å². The number of halogens is 1. The van der Waals surface area contributed by atoms with E-state index in [1.807, 2.05) is 47.6 Å². The van der Waals surface area contributed by atoms with Crippen LogP contribution < -0.4 is 4.74 Å². The van der Waals surface area contributed by atoms with Crippen LogP contribution in [0, 0.1) is 0 Å². The molecule has 4 nitrogen and oxygen atoms in total. The summed E-state index contributed by atoms with van der Waals surface area (Å²) in [6.45, 7) is 11.6. The molecule has 0 aromatic heterocycles. The second-order valence-corrected chi connectivity index (χ2v) is 7.68. The second kappa shape index (κ2) is 5.28. The van der Waals surface area contributed by atoms with Crippen molar-refractivity contribution in [2.45, 2.75) is 52.4 Å². The van der Waals surface area contributed by atoms with Crippen molar-refractivity contribution in [1.29, 1.82) is 0 Å². The van der Waals surface area contributed by atoms with E-state index in [-0.39, 0.29) is 22.3 Å². The van der Waals surface area contributed by atoms with Crippen LogP contribution in [-0.4, -0.2) is 16.4 Å². The van der Waals surface area contributed by atoms with E-state index in [1.165, 1.54) is 0 Å². The number of hydrogen-bond donors (Lipinski definition) is 2. The summed E-state index contributed by atoms with van der Waals surface area (Å²) >= 11 is 3.46. The lowest BCUT2D eigenvalue weighted by Gasteiger charge is -2.28. The first-order valence-corrected chi connectivity index (χ1v) is 7.12. The van der Waals surface area contributed by atoms with Crippen LogP contribution in [0.3, 0.4) is 0 Å². The van der Waals surface area contributed by atoms with Gasteiger partial charge in [0.25, 0.3) is 0 Å². The van der Waals surface area contributed by atoms with E-state index in [0.29, 0.717) is 11.1 Å². The zero-order valence-electron chi connectivity index (χ0n) is 12.7. The predicted molar refractivity (Wildman–Crippen MR) is 81.9 cm³/mol. The Labute approximate surface area is 127 Å². The highest BCUT2D eigenvalue weighted by atomic mass is 79.9. The van der Waals surface area contributed by atoms with Crippen LogP contribution in [0.15, 0.2) is 10.5 Å². The molecule has 0 aliphatic rings. The third-order valence-electron chi connectivity index (χ3n) is 2.95. The van der Waals surface area contributed by atoms with Crippen LogP contribution in [0.1, 0.15) is 52.7 Å². The molecule has 0 amide bonds. The average molecular weight is 345 g/mol. The predicted octanol–water partition coefficient (Wildman–Crippen LogP) is 4.81. The maximum Gasteiger partial charge on any atom is 0.511 e. The number of carbonyl (C=O) groups is 1. The van der Waals surface area contributed by atoms with Gasteiger partial charge in [-0.2, -0.15) is 0 Å². The van der Waals surface area contributed by atoms with Crippen molar-refractivity contribution in [2.24, 2.45) is 0 Å². The molecule has 0 heterocycles. The first-order chi connectivity index (χ1) is 8.85. The summed E-state index contributed by atoms with van der Waals surface area (Å²) in [6, 6.07) is 1.82. The Hall–Kier alpha value is -1.23. The molecule has 0 unspecified atom stereocenters. The fourth-order valence-electron chi connectivity index (χ4n) is 2.08. The van der Waals surface area contributed by atoms with Crippen molar-refractivity contribution in [3.05, 3.63) is 21.7 Å². The third-order valence-corrected chi connectivity index (χ3v) is 3.58. The van der Waals surface area contributed by atoms with Crippen molar-refractivity contribution in [1.82, 2.24) is 0 Å². The zero-order chi connectivity index (χ0) is 15.9. The van der Waals surface area contributed by atoms with Crippen LogP contribution in [0.4, 0.5) is 4.79 Å². The molecule has 0 fully saturated rings. The number of aromatic hydroxyl groups is 1. The lowest BCUT2D eigenvalue weighted by molar-refractivity contribution is 0.141. The lowest BCUT2D eigenvalue weighted by atomic mass is 9.81. The number of benzene rings is 1. The van der Waals surface area contributed by atoms with Crippen LogP contribution in [0.5, 0.6) is 11.5 Å². The van der Waals surface area contributed by atoms with Gasteiger partial charge >= 0.3 is 6.16 Å². The standard InChI is InChI=1S/C15H21BrO4/c1-14(2,3)8-7-9(16)10(15(4,5)6)11(17)12(8)20-13(18)19/h7,17H,1-6H3,(H,18,19). The number of phenolic OH excluding ortho intramolecular Hbond substituents is 1. The van der Waals surface area contributed by atoms with E-state index in [0.717, 1.165) is 4.47 Å². The molecule has 20 heavy (non-hydrogen) atoms. The maximum atomic E-state index is 10.9. The van der Waals surface area contributed by atoms with E-state index in [4.69, 9.17) is 9.84 Å². The summed E-state index contributed by atoms with van der Waals surface area (Å²) in [6.07, 6.45) is -1.44. The molecule has 0 atom stereocenters. The Morgan fingerprint density at radius 3 is 2.00 bits per heavy atom. The highest BCUT2D eigenvalue weighted by Gasteiger charge is 2.31. The number of carboxylic acid groups (broad SMARTS) is 1. The number of hydrogen-bond acceptors (Lipinski definition) is 3. The minimum Gasteiger partial charge on any atom is -0.504 e. The fourth-order valence-corrected chi connectivity index (χ4v) is 3.09. The van der Waals surface area contributed by atoms with Gasteiger partial charge in [0, 0.05) is 15.6 Å². The molecule has 0 spiro atoms. The first-order valence-electron chi connectivity index (χ1n) is 6.33. The Morgan fingerprint density at radius 1 is 1.15 bits per heavy atom. The van der Waals surface area contributed by atoms with Gasteiger partial charge in [-0.05, 0) is 16.9 Å². The molecule has 0 aliphatic heterocycles. The van der Waals surface area contributed by atoms with Gasteiger partial charge in [0.15, 0.2) is 11.5 Å². The summed E-state index contributed by atoms with van der Waals surface area (Å²) in [7, 11) is 0. The van der Waals surface area contributed by atoms with Crippen LogP contribution in [-0.2, 0) is 10.8 Å². The first kappa shape index (κ1) is 16.8. The summed E-state index contributed by atoms with van der Waals surface area (Å²) in [4.78, 5) is 10.9. The van der Waals surface area contributed by atoms with Crippen LogP contribution >= 0.6 is 15.9 Å². The molecule has 0 radical (unpaired) electrons. The topological polar surface area (TPSA) is 66.8 Å². The SMILES string of the molecule is CC(C)(C)c1cc(Br)c(C(C)(C)C)c(O)c1OC(=O)O. The molecule has 0 saturated carbocycles. The molecule has 1 aromatic rings. The van der Waals surface area contributed by atoms with E-state index in [1.54, 1.807) is 0 Å². The van der Waals surface area contributed by atoms with Gasteiger partial charge < -0.3 is 14.9 Å². The average Bonchev–Trinajstić information content (AvgIpc) is 2.17. The molecule has 112 valence electrons. The summed E-state index contributed by atoms with van der Waals surface area (Å²) in [5.41, 5.74) is 0.552. The van der Waals surface area contributed by atoms with Crippen molar-refractivity contribution >= 4 is 22.1 Å². The zero-order valence-corrected chi connectivity index (χ0v) is 14.3. The van der Waals surface area contributed by atoms with E-state index >= 15 is 0 Å². The molecule has 0 aliphatic carbocycles. The molecule has 5 heteroatoms. The smallest absolute Gasteiger partial charge is 0.504 e. The highest BCUT2D eigenvalue weighted by molar-refractivity contribution is 9.10. The Morgan fingerprint density at radius 2 is 1.65 bits per heavy atom. The molecule has 0 bridgehead atoms. The van der Waals surface area contributed by atoms with Crippen LogP contribution in [0.2, 0.25) is 0 Å². The molecule has 0 saturated heterocycles. The van der Waals surface area contributed by atoms with Gasteiger partial charge in [-0.3, -0.25) is 0 Å². The van der Waals surface area contributed by atoms with Crippen LogP contribution in [0.25, 0.3) is 0 Å². The minimum atomic E-state index is -1.44. The van der Waals surface area contributed by atoms with Gasteiger partial charge in [0.05, 0.1) is 0 Å². The fraction of sp³-hybridized carbons (Fsp3) is 0.533. The minimum absolute atomic E-state index is 0.0122. The van der Waals surface area contributed by atoms with Crippen molar-refractivity contribution < 1.29 is 19.7 Å². The van der Waals surface area contributed by atoms with E-state index in [2.05, 4.69) is 15.9 Å². The number of rotatable bonds is 1. The van der Waals surface area contributed by atoms with Gasteiger partial charge in [-0.25, -0.2) is 4.79 Å². The van der Waals surface area contributed by atoms with Gasteiger partial charge in [0.1, 0.15) is 0 Å². The molecular weight excluding hydrogens is 324 g/mol. The summed E-state index contributed by atoms with van der Waals surface area (Å²) in [5.74, 6) is -0.114. The number of ether oxygens (including phenoxy) is 1. The molecule has 2 N–H and O–H groups in total. The largest absolute Gasteiger partial charge is 0.511 e. The Kier molecular flexibility index (Phi) is 4.44.